The maximum Gasteiger partial charge on any atom is 0.243 e. The SMILES string of the molecule is Cc1ccc(S(=O)(=O)N(CC(C)C)C[C@@H](O)[C@H](Cc2ccccc2)NC(=O)[C@@H](NC(=O)CNC2(c3ccccc3)CC2)C(C)(C)C)cc1. The maximum absolute atomic E-state index is 14.0. The van der Waals surface area contributed by atoms with Gasteiger partial charge in [0.25, 0.3) is 0 Å². The Morgan fingerprint density at radius 1 is 0.875 bits per heavy atom. The Bertz CT molecular complexity index is 1600. The van der Waals surface area contributed by atoms with Gasteiger partial charge in [-0.1, -0.05) is 113 Å². The van der Waals surface area contributed by atoms with Gasteiger partial charge in [-0.2, -0.15) is 4.31 Å². The van der Waals surface area contributed by atoms with Gasteiger partial charge < -0.3 is 15.7 Å². The van der Waals surface area contributed by atoms with Crippen molar-refractivity contribution in [3.8, 4) is 0 Å². The van der Waals surface area contributed by atoms with E-state index in [4.69, 9.17) is 0 Å². The number of nitrogens with one attached hydrogen (secondary N) is 3. The van der Waals surface area contributed by atoms with Crippen LogP contribution in [-0.2, 0) is 31.6 Å². The van der Waals surface area contributed by atoms with E-state index in [9.17, 15) is 23.1 Å². The lowest BCUT2D eigenvalue weighted by Gasteiger charge is -2.34. The standard InChI is InChI=1S/C38H52N4O5S/c1-27(2)25-42(48(46,47)31-19-17-28(3)18-20-31)26-33(43)32(23-29-13-9-7-10-14-29)40-36(45)35(37(4,5)6)41-34(44)24-39-38(21-22-38)30-15-11-8-12-16-30/h7-20,27,32-33,35,39,43H,21-26H2,1-6H3,(H,40,45)(H,41,44)/t32-,33+,35+/m0/s1. The molecule has 0 aliphatic heterocycles. The highest BCUT2D eigenvalue weighted by molar-refractivity contribution is 7.89. The monoisotopic (exact) mass is 676 g/mol. The minimum absolute atomic E-state index is 0.00894. The number of carbonyl (C=O) groups excluding carboxylic acids is 2. The summed E-state index contributed by atoms with van der Waals surface area (Å²) in [5, 5.41) is 21.0. The van der Waals surface area contributed by atoms with E-state index in [1.165, 1.54) is 4.31 Å². The number of sulfonamides is 1. The minimum Gasteiger partial charge on any atom is -0.390 e. The summed E-state index contributed by atoms with van der Waals surface area (Å²) >= 11 is 0. The van der Waals surface area contributed by atoms with E-state index in [0.29, 0.717) is 0 Å². The van der Waals surface area contributed by atoms with Crippen LogP contribution >= 0.6 is 0 Å². The molecule has 0 bridgehead atoms. The number of amides is 2. The van der Waals surface area contributed by atoms with E-state index in [2.05, 4.69) is 28.1 Å². The summed E-state index contributed by atoms with van der Waals surface area (Å²) in [6, 6.07) is 24.4. The van der Waals surface area contributed by atoms with E-state index in [0.717, 1.165) is 29.5 Å². The second-order valence-electron chi connectivity index (χ2n) is 14.6. The van der Waals surface area contributed by atoms with Gasteiger partial charge in [-0.05, 0) is 60.8 Å². The molecule has 260 valence electrons. The predicted molar refractivity (Wildman–Crippen MR) is 190 cm³/mol. The Morgan fingerprint density at radius 2 is 1.46 bits per heavy atom. The Balaban J connectivity index is 1.52. The van der Waals surface area contributed by atoms with Crippen molar-refractivity contribution in [1.29, 1.82) is 0 Å². The summed E-state index contributed by atoms with van der Waals surface area (Å²) in [7, 11) is -3.94. The number of aliphatic hydroxyl groups excluding tert-OH is 1. The largest absolute Gasteiger partial charge is 0.390 e. The summed E-state index contributed by atoms with van der Waals surface area (Å²) in [5.41, 5.74) is 2.06. The third kappa shape index (κ3) is 9.98. The zero-order valence-electron chi connectivity index (χ0n) is 29.1. The molecule has 4 N–H and O–H groups in total. The molecule has 4 rings (SSSR count). The van der Waals surface area contributed by atoms with Crippen LogP contribution in [0.5, 0.6) is 0 Å². The van der Waals surface area contributed by atoms with Crippen LogP contribution in [0.4, 0.5) is 0 Å². The molecule has 2 amide bonds. The number of benzene rings is 3. The van der Waals surface area contributed by atoms with E-state index in [1.54, 1.807) is 24.3 Å². The molecule has 1 aliphatic rings. The fraction of sp³-hybridized carbons (Fsp3) is 0.474. The van der Waals surface area contributed by atoms with Crippen molar-refractivity contribution >= 4 is 21.8 Å². The molecule has 0 saturated heterocycles. The van der Waals surface area contributed by atoms with Crippen LogP contribution < -0.4 is 16.0 Å². The van der Waals surface area contributed by atoms with Gasteiger partial charge in [-0.15, -0.1) is 0 Å². The topological polar surface area (TPSA) is 128 Å². The molecule has 0 spiro atoms. The number of aliphatic hydroxyl groups is 1. The van der Waals surface area contributed by atoms with Crippen molar-refractivity contribution < 1.29 is 23.1 Å². The number of aryl methyl sites for hydroxylation is 1. The van der Waals surface area contributed by atoms with Crippen molar-refractivity contribution in [2.45, 2.75) is 89.4 Å². The fourth-order valence-electron chi connectivity index (χ4n) is 5.88. The second kappa shape index (κ2) is 15.8. The van der Waals surface area contributed by atoms with Crippen LogP contribution in [0.25, 0.3) is 0 Å². The summed E-state index contributed by atoms with van der Waals surface area (Å²) in [6.45, 7) is 11.4. The Labute approximate surface area is 286 Å². The number of rotatable bonds is 16. The number of nitrogens with zero attached hydrogens (tertiary/aromatic N) is 1. The molecule has 0 unspecified atom stereocenters. The molecule has 3 aromatic rings. The minimum atomic E-state index is -3.94. The quantitative estimate of drug-likeness (QED) is 0.177. The number of hydrogen-bond acceptors (Lipinski definition) is 6. The van der Waals surface area contributed by atoms with Gasteiger partial charge in [-0.25, -0.2) is 8.42 Å². The number of carbonyl (C=O) groups is 2. The van der Waals surface area contributed by atoms with Crippen LogP contribution in [0.1, 0.15) is 64.2 Å². The second-order valence-corrected chi connectivity index (χ2v) is 16.5. The van der Waals surface area contributed by atoms with E-state index in [-0.39, 0.29) is 48.3 Å². The normalized spacial score (nSPS) is 16.3. The molecule has 0 aromatic heterocycles. The third-order valence-electron chi connectivity index (χ3n) is 8.81. The molecule has 0 heterocycles. The summed E-state index contributed by atoms with van der Waals surface area (Å²) in [4.78, 5) is 27.4. The Morgan fingerprint density at radius 3 is 2.00 bits per heavy atom. The van der Waals surface area contributed by atoms with Gasteiger partial charge in [0.15, 0.2) is 0 Å². The lowest BCUT2D eigenvalue weighted by atomic mass is 9.85. The van der Waals surface area contributed by atoms with Gasteiger partial charge in [0.05, 0.1) is 23.6 Å². The van der Waals surface area contributed by atoms with Crippen LogP contribution in [0.2, 0.25) is 0 Å². The highest BCUT2D eigenvalue weighted by Gasteiger charge is 2.44. The lowest BCUT2D eigenvalue weighted by Crippen LogP contribution is -2.59. The van der Waals surface area contributed by atoms with Gasteiger partial charge in [-0.3, -0.25) is 14.9 Å². The first-order chi connectivity index (χ1) is 22.6. The average Bonchev–Trinajstić information content (AvgIpc) is 3.83. The molecular weight excluding hydrogens is 625 g/mol. The van der Waals surface area contributed by atoms with E-state index in [1.807, 2.05) is 90.1 Å². The lowest BCUT2D eigenvalue weighted by molar-refractivity contribution is -0.132. The summed E-state index contributed by atoms with van der Waals surface area (Å²) < 4.78 is 28.9. The molecule has 48 heavy (non-hydrogen) atoms. The first-order valence-corrected chi connectivity index (χ1v) is 18.2. The van der Waals surface area contributed by atoms with Crippen LogP contribution in [0, 0.1) is 18.3 Å². The third-order valence-corrected chi connectivity index (χ3v) is 10.7. The first kappa shape index (κ1) is 37.3. The van der Waals surface area contributed by atoms with Crippen LogP contribution in [-0.4, -0.2) is 67.5 Å². The highest BCUT2D eigenvalue weighted by atomic mass is 32.2. The summed E-state index contributed by atoms with van der Waals surface area (Å²) in [6.07, 6.45) is 0.881. The van der Waals surface area contributed by atoms with Gasteiger partial charge in [0, 0.05) is 18.6 Å². The van der Waals surface area contributed by atoms with Gasteiger partial charge in [0.1, 0.15) is 6.04 Å². The molecule has 3 atom stereocenters. The smallest absolute Gasteiger partial charge is 0.243 e. The molecule has 10 heteroatoms. The van der Waals surface area contributed by atoms with Gasteiger partial charge >= 0.3 is 0 Å². The Hall–Kier alpha value is -3.57. The molecule has 1 saturated carbocycles. The molecule has 1 aliphatic carbocycles. The molecule has 1 fully saturated rings. The number of hydrogen-bond donors (Lipinski definition) is 4. The van der Waals surface area contributed by atoms with E-state index >= 15 is 0 Å². The molecule has 0 radical (unpaired) electrons. The average molecular weight is 677 g/mol. The van der Waals surface area contributed by atoms with Crippen molar-refractivity contribution in [3.63, 3.8) is 0 Å². The molecule has 3 aromatic carbocycles. The highest BCUT2D eigenvalue weighted by Crippen LogP contribution is 2.45. The van der Waals surface area contributed by atoms with Crippen molar-refractivity contribution in [1.82, 2.24) is 20.3 Å². The fourth-order valence-corrected chi connectivity index (χ4v) is 7.50. The van der Waals surface area contributed by atoms with Crippen LogP contribution in [0.3, 0.4) is 0 Å². The van der Waals surface area contributed by atoms with Gasteiger partial charge in [0.2, 0.25) is 21.8 Å². The molecule has 9 nitrogen and oxygen atoms in total. The predicted octanol–water partition coefficient (Wildman–Crippen LogP) is 4.54. The maximum atomic E-state index is 14.0. The van der Waals surface area contributed by atoms with Crippen LogP contribution in [0.15, 0.2) is 89.8 Å². The zero-order valence-corrected chi connectivity index (χ0v) is 29.9. The molecular formula is C38H52N4O5S. The summed E-state index contributed by atoms with van der Waals surface area (Å²) in [5.74, 6) is -0.762. The van der Waals surface area contributed by atoms with Crippen molar-refractivity contribution in [3.05, 3.63) is 102 Å². The van der Waals surface area contributed by atoms with Crippen molar-refractivity contribution in [2.24, 2.45) is 11.3 Å². The van der Waals surface area contributed by atoms with E-state index < -0.39 is 39.5 Å². The first-order valence-electron chi connectivity index (χ1n) is 16.8. The van der Waals surface area contributed by atoms with Crippen molar-refractivity contribution in [2.75, 3.05) is 19.6 Å². The zero-order chi connectivity index (χ0) is 35.1. The Kier molecular flexibility index (Phi) is 12.2.